The Morgan fingerprint density at radius 3 is 2.24 bits per heavy atom. The highest BCUT2D eigenvalue weighted by Crippen LogP contribution is 2.17. The Kier molecular flexibility index (Phi) is 5.49. The molecule has 0 spiro atoms. The van der Waals surface area contributed by atoms with Gasteiger partial charge in [0, 0.05) is 13.7 Å². The molecule has 2 aromatic rings. The van der Waals surface area contributed by atoms with Crippen LogP contribution in [0.3, 0.4) is 0 Å². The molecule has 4 heteroatoms. The summed E-state index contributed by atoms with van der Waals surface area (Å²) in [4.78, 5) is 13.9. The number of rotatable bonds is 6. The second kappa shape index (κ2) is 7.57. The van der Waals surface area contributed by atoms with E-state index in [9.17, 15) is 9.90 Å². The quantitative estimate of drug-likeness (QED) is 0.829. The number of methoxy groups -OCH3 is 1. The molecule has 0 aromatic heterocycles. The normalized spacial score (nSPS) is 11.9. The highest BCUT2D eigenvalue weighted by Gasteiger charge is 2.23. The summed E-state index contributed by atoms with van der Waals surface area (Å²) in [6, 6.07) is 18.5. The monoisotopic (exact) mass is 285 g/mol. The zero-order valence-corrected chi connectivity index (χ0v) is 12.0. The molecule has 0 radical (unpaired) electrons. The maximum absolute atomic E-state index is 12.4. The van der Waals surface area contributed by atoms with Gasteiger partial charge in [0.25, 0.3) is 5.91 Å². The van der Waals surface area contributed by atoms with Gasteiger partial charge >= 0.3 is 0 Å². The van der Waals surface area contributed by atoms with E-state index < -0.39 is 6.10 Å². The second-order valence-electron chi connectivity index (χ2n) is 4.75. The van der Waals surface area contributed by atoms with Crippen LogP contribution in [-0.4, -0.2) is 29.8 Å². The van der Waals surface area contributed by atoms with Crippen molar-refractivity contribution in [2.45, 2.75) is 12.6 Å². The minimum absolute atomic E-state index is 0.137. The lowest BCUT2D eigenvalue weighted by atomic mass is 10.1. The van der Waals surface area contributed by atoms with E-state index >= 15 is 0 Å². The highest BCUT2D eigenvalue weighted by atomic mass is 16.5. The number of ether oxygens (including phenoxy) is 1. The Balaban J connectivity index is 2.12. The topological polar surface area (TPSA) is 49.8 Å². The minimum atomic E-state index is -1.18. The number of hydrogen-bond acceptors (Lipinski definition) is 3. The van der Waals surface area contributed by atoms with E-state index in [0.29, 0.717) is 12.1 Å². The number of nitrogens with zero attached hydrogens (tertiary/aromatic N) is 1. The number of carbonyl (C=O) groups is 1. The molecule has 1 unspecified atom stereocenters. The number of benzene rings is 2. The first-order chi connectivity index (χ1) is 10.2. The van der Waals surface area contributed by atoms with Crippen LogP contribution < -0.4 is 0 Å². The van der Waals surface area contributed by atoms with Gasteiger partial charge in [-0.15, -0.1) is 0 Å². The molecular weight excluding hydrogens is 266 g/mol. The number of amides is 1. The van der Waals surface area contributed by atoms with Crippen molar-refractivity contribution in [3.8, 4) is 0 Å². The van der Waals surface area contributed by atoms with E-state index in [1.807, 2.05) is 36.4 Å². The number of aliphatic hydroxyl groups is 1. The fraction of sp³-hybridized carbons (Fsp3) is 0.235. The minimum Gasteiger partial charge on any atom is -0.378 e. The van der Waals surface area contributed by atoms with Gasteiger partial charge in [-0.05, 0) is 11.1 Å². The average molecular weight is 285 g/mol. The fourth-order valence-corrected chi connectivity index (χ4v) is 2.10. The molecular formula is C17H19NO3. The van der Waals surface area contributed by atoms with Gasteiger partial charge in [0.15, 0.2) is 6.10 Å². The molecule has 2 aromatic carbocycles. The first kappa shape index (κ1) is 15.2. The molecule has 0 saturated heterocycles. The van der Waals surface area contributed by atoms with Crippen LogP contribution in [0.2, 0.25) is 0 Å². The van der Waals surface area contributed by atoms with Gasteiger partial charge < -0.3 is 14.7 Å². The molecule has 0 bridgehead atoms. The number of carbonyl (C=O) groups excluding carboxylic acids is 1. The zero-order chi connectivity index (χ0) is 15.1. The molecule has 0 heterocycles. The van der Waals surface area contributed by atoms with Gasteiger partial charge in [-0.2, -0.15) is 0 Å². The largest absolute Gasteiger partial charge is 0.378 e. The van der Waals surface area contributed by atoms with Crippen LogP contribution in [0.5, 0.6) is 0 Å². The summed E-state index contributed by atoms with van der Waals surface area (Å²) < 4.78 is 5.08. The predicted octanol–water partition coefficient (Wildman–Crippen LogP) is 2.35. The van der Waals surface area contributed by atoms with E-state index in [1.165, 1.54) is 12.0 Å². The number of hydrogen-bond donors (Lipinski definition) is 1. The summed E-state index contributed by atoms with van der Waals surface area (Å²) in [7, 11) is 1.53. The maximum Gasteiger partial charge on any atom is 0.258 e. The third-order valence-electron chi connectivity index (χ3n) is 3.16. The van der Waals surface area contributed by atoms with Gasteiger partial charge in [-0.3, -0.25) is 4.79 Å². The predicted molar refractivity (Wildman–Crippen MR) is 80.3 cm³/mol. The molecule has 21 heavy (non-hydrogen) atoms. The van der Waals surface area contributed by atoms with Gasteiger partial charge in [0.1, 0.15) is 6.73 Å². The van der Waals surface area contributed by atoms with Gasteiger partial charge in [0.2, 0.25) is 0 Å². The lowest BCUT2D eigenvalue weighted by molar-refractivity contribution is -0.146. The standard InChI is InChI=1S/C17H19NO3/c1-21-13-18(12-14-8-4-2-5-9-14)17(20)16(19)15-10-6-3-7-11-15/h2-11,16,19H,12-13H2,1H3. The van der Waals surface area contributed by atoms with Crippen molar-refractivity contribution in [2.24, 2.45) is 0 Å². The molecule has 1 N–H and O–H groups in total. The van der Waals surface area contributed by atoms with Crippen LogP contribution in [0.25, 0.3) is 0 Å². The molecule has 110 valence electrons. The summed E-state index contributed by atoms with van der Waals surface area (Å²) in [6.45, 7) is 0.537. The van der Waals surface area contributed by atoms with Crippen LogP contribution in [0.4, 0.5) is 0 Å². The van der Waals surface area contributed by atoms with E-state index in [1.54, 1.807) is 24.3 Å². The zero-order valence-electron chi connectivity index (χ0n) is 12.0. The van der Waals surface area contributed by atoms with E-state index in [-0.39, 0.29) is 12.6 Å². The van der Waals surface area contributed by atoms with Crippen molar-refractivity contribution in [1.29, 1.82) is 0 Å². The Morgan fingerprint density at radius 1 is 1.10 bits per heavy atom. The Bertz CT molecular complexity index is 557. The Hall–Kier alpha value is -2.17. The molecule has 0 aliphatic heterocycles. The van der Waals surface area contributed by atoms with Crippen molar-refractivity contribution in [3.63, 3.8) is 0 Å². The summed E-state index contributed by atoms with van der Waals surface area (Å²) in [5.74, 6) is -0.369. The van der Waals surface area contributed by atoms with E-state index in [2.05, 4.69) is 0 Å². The molecule has 1 amide bonds. The Morgan fingerprint density at radius 2 is 1.67 bits per heavy atom. The van der Waals surface area contributed by atoms with Crippen LogP contribution >= 0.6 is 0 Å². The molecule has 0 aliphatic carbocycles. The summed E-state index contributed by atoms with van der Waals surface area (Å²) >= 11 is 0. The van der Waals surface area contributed by atoms with Gasteiger partial charge in [-0.25, -0.2) is 0 Å². The van der Waals surface area contributed by atoms with Crippen molar-refractivity contribution in [1.82, 2.24) is 4.90 Å². The first-order valence-electron chi connectivity index (χ1n) is 6.77. The summed E-state index contributed by atoms with van der Waals surface area (Å²) in [6.07, 6.45) is -1.18. The first-order valence-corrected chi connectivity index (χ1v) is 6.77. The van der Waals surface area contributed by atoms with Crippen molar-refractivity contribution >= 4 is 5.91 Å². The maximum atomic E-state index is 12.4. The third kappa shape index (κ3) is 4.15. The SMILES string of the molecule is COCN(Cc1ccccc1)C(=O)C(O)c1ccccc1. The molecule has 4 nitrogen and oxygen atoms in total. The lowest BCUT2D eigenvalue weighted by Crippen LogP contribution is -2.36. The van der Waals surface area contributed by atoms with Crippen LogP contribution in [-0.2, 0) is 16.1 Å². The van der Waals surface area contributed by atoms with E-state index in [4.69, 9.17) is 4.74 Å². The van der Waals surface area contributed by atoms with Gasteiger partial charge in [0.05, 0.1) is 0 Å². The fourth-order valence-electron chi connectivity index (χ4n) is 2.10. The highest BCUT2D eigenvalue weighted by molar-refractivity contribution is 5.82. The average Bonchev–Trinajstić information content (AvgIpc) is 2.55. The lowest BCUT2D eigenvalue weighted by Gasteiger charge is -2.24. The molecule has 0 fully saturated rings. The molecule has 0 saturated carbocycles. The van der Waals surface area contributed by atoms with Crippen molar-refractivity contribution in [3.05, 3.63) is 71.8 Å². The summed E-state index contributed by atoms with van der Waals surface area (Å²) in [5.41, 5.74) is 1.57. The van der Waals surface area contributed by atoms with Crippen LogP contribution in [0, 0.1) is 0 Å². The number of aliphatic hydroxyl groups excluding tert-OH is 1. The summed E-state index contributed by atoms with van der Waals surface area (Å²) in [5, 5.41) is 10.2. The second-order valence-corrected chi connectivity index (χ2v) is 4.75. The van der Waals surface area contributed by atoms with Crippen molar-refractivity contribution < 1.29 is 14.6 Å². The molecule has 0 aliphatic rings. The van der Waals surface area contributed by atoms with Crippen LogP contribution in [0.1, 0.15) is 17.2 Å². The smallest absolute Gasteiger partial charge is 0.258 e. The molecule has 1 atom stereocenters. The molecule has 2 rings (SSSR count). The van der Waals surface area contributed by atoms with E-state index in [0.717, 1.165) is 5.56 Å². The third-order valence-corrected chi connectivity index (χ3v) is 3.16. The van der Waals surface area contributed by atoms with Crippen LogP contribution in [0.15, 0.2) is 60.7 Å². The van der Waals surface area contributed by atoms with Gasteiger partial charge in [-0.1, -0.05) is 60.7 Å². The Labute approximate surface area is 124 Å². The van der Waals surface area contributed by atoms with Crippen molar-refractivity contribution in [2.75, 3.05) is 13.8 Å².